The Morgan fingerprint density at radius 2 is 1.91 bits per heavy atom. The van der Waals surface area contributed by atoms with Gasteiger partial charge in [-0.1, -0.05) is 24.1 Å². The summed E-state index contributed by atoms with van der Waals surface area (Å²) in [4.78, 5) is 22.0. The van der Waals surface area contributed by atoms with E-state index in [9.17, 15) is 23.1 Å². The molecule has 1 saturated heterocycles. The number of nitrogens with zero attached hydrogens (tertiary/aromatic N) is 1. The number of carbonyl (C=O) groups is 2. The van der Waals surface area contributed by atoms with E-state index in [0.29, 0.717) is 18.8 Å². The Balaban J connectivity index is 1.94. The molecule has 1 aromatic rings. The zero-order chi connectivity index (χ0) is 24.6. The predicted molar refractivity (Wildman–Crippen MR) is 123 cm³/mol. The van der Waals surface area contributed by atoms with Gasteiger partial charge in [-0.05, 0) is 51.0 Å². The normalized spacial score (nSPS) is 17.6. The maximum atomic E-state index is 13.1. The van der Waals surface area contributed by atoms with E-state index in [2.05, 4.69) is 11.8 Å². The molecular weight excluding hydrogens is 470 g/mol. The van der Waals surface area contributed by atoms with Gasteiger partial charge in [0.2, 0.25) is 0 Å². The van der Waals surface area contributed by atoms with Crippen molar-refractivity contribution in [2.75, 3.05) is 19.8 Å². The molecule has 9 nitrogen and oxygen atoms in total. The summed E-state index contributed by atoms with van der Waals surface area (Å²) in [6.45, 7) is 4.54. The summed E-state index contributed by atoms with van der Waals surface area (Å²) in [5.41, 5.74) is -1.23. The number of rotatable bonds is 9. The van der Waals surface area contributed by atoms with Crippen LogP contribution in [0.3, 0.4) is 0 Å². The van der Waals surface area contributed by atoms with Crippen LogP contribution >= 0.6 is 12.2 Å². The second kappa shape index (κ2) is 11.4. The van der Waals surface area contributed by atoms with E-state index in [1.54, 1.807) is 0 Å². The molecule has 1 aliphatic heterocycles. The van der Waals surface area contributed by atoms with Crippen LogP contribution in [0.15, 0.2) is 29.2 Å². The van der Waals surface area contributed by atoms with Gasteiger partial charge in [0.15, 0.2) is 6.10 Å². The lowest BCUT2D eigenvalue weighted by molar-refractivity contribution is -0.159. The number of sulfonamides is 1. The summed E-state index contributed by atoms with van der Waals surface area (Å²) < 4.78 is 42.9. The van der Waals surface area contributed by atoms with Crippen LogP contribution in [0.4, 0.5) is 0 Å². The molecule has 1 unspecified atom stereocenters. The molecule has 1 aliphatic rings. The number of ether oxygens (including phenoxy) is 3. The van der Waals surface area contributed by atoms with E-state index in [0.717, 1.165) is 17.1 Å². The minimum atomic E-state index is -4.08. The summed E-state index contributed by atoms with van der Waals surface area (Å²) in [7, 11) is -4.08. The number of benzene rings is 1. The average Bonchev–Trinajstić information content (AvgIpc) is 2.74. The molecule has 33 heavy (non-hydrogen) atoms. The van der Waals surface area contributed by atoms with E-state index in [-0.39, 0.29) is 22.5 Å². The van der Waals surface area contributed by atoms with E-state index in [4.69, 9.17) is 26.4 Å². The third-order valence-electron chi connectivity index (χ3n) is 4.63. The Morgan fingerprint density at radius 1 is 1.24 bits per heavy atom. The molecule has 1 aromatic carbocycles. The van der Waals surface area contributed by atoms with Crippen molar-refractivity contribution in [3.8, 4) is 17.6 Å². The summed E-state index contributed by atoms with van der Waals surface area (Å²) in [5, 5.41) is 9.31. The Hall–Kier alpha value is -2.68. The van der Waals surface area contributed by atoms with Crippen molar-refractivity contribution in [3.05, 3.63) is 24.3 Å². The summed E-state index contributed by atoms with van der Waals surface area (Å²) in [6.07, 6.45) is 0.858. The van der Waals surface area contributed by atoms with E-state index >= 15 is 0 Å². The highest BCUT2D eigenvalue weighted by Crippen LogP contribution is 2.29. The van der Waals surface area contributed by atoms with Gasteiger partial charge in [-0.2, -0.15) is 0 Å². The first-order chi connectivity index (χ1) is 15.4. The number of esters is 1. The minimum Gasteiger partial charge on any atom is -0.481 e. The highest BCUT2D eigenvalue weighted by Gasteiger charge is 2.45. The molecule has 0 amide bonds. The topological polar surface area (TPSA) is 119 Å². The zero-order valence-corrected chi connectivity index (χ0v) is 20.3. The molecular formula is C22H27NO8S2. The standard InChI is InChI=1S/C22H27NO8S2/c1-16(24)29-13-7-5-4-6-8-14-30-17-9-11-18(12-10-17)33(27,28)23-15-19(20(25)26)31-22(2,3)21(23)32/h9-12,19H,4-5,7,13-15H2,1-3H3,(H,25,26). The number of hydrogen-bond donors (Lipinski definition) is 1. The Kier molecular flexibility index (Phi) is 9.22. The quantitative estimate of drug-likeness (QED) is 0.237. The molecule has 0 radical (unpaired) electrons. The maximum Gasteiger partial charge on any atom is 0.334 e. The van der Waals surface area contributed by atoms with Gasteiger partial charge in [0, 0.05) is 13.3 Å². The first-order valence-corrected chi connectivity index (χ1v) is 12.1. The number of hydrogen-bond acceptors (Lipinski definition) is 8. The fourth-order valence-electron chi connectivity index (χ4n) is 2.94. The number of thiocarbonyl (C=S) groups is 1. The number of unbranched alkanes of at least 4 members (excludes halogenated alkanes) is 2. The van der Waals surface area contributed by atoms with Crippen LogP contribution in [0.1, 0.15) is 40.0 Å². The SMILES string of the molecule is CC(=O)OCCCCC#CCOc1ccc(S(=O)(=O)N2CC(C(=O)O)OC(C)(C)C2=S)cc1. The fraction of sp³-hybridized carbons (Fsp3) is 0.500. The third kappa shape index (κ3) is 7.42. The van der Waals surface area contributed by atoms with Crippen molar-refractivity contribution in [1.82, 2.24) is 4.31 Å². The number of carboxylic acids is 1. The number of carboxylic acid groups (broad SMARTS) is 1. The average molecular weight is 498 g/mol. The lowest BCUT2D eigenvalue weighted by Gasteiger charge is -2.41. The second-order valence-corrected chi connectivity index (χ2v) is 9.96. The van der Waals surface area contributed by atoms with Gasteiger partial charge in [-0.3, -0.25) is 9.10 Å². The van der Waals surface area contributed by atoms with Crippen LogP contribution in [0.5, 0.6) is 5.75 Å². The first-order valence-electron chi connectivity index (χ1n) is 10.2. The van der Waals surface area contributed by atoms with Crippen molar-refractivity contribution in [2.45, 2.75) is 56.6 Å². The molecule has 180 valence electrons. The van der Waals surface area contributed by atoms with E-state index in [1.807, 2.05) is 0 Å². The lowest BCUT2D eigenvalue weighted by Crippen LogP contribution is -2.59. The first kappa shape index (κ1) is 26.6. The van der Waals surface area contributed by atoms with E-state index < -0.39 is 34.2 Å². The second-order valence-electron chi connectivity index (χ2n) is 7.71. The van der Waals surface area contributed by atoms with Crippen LogP contribution in [0.25, 0.3) is 0 Å². The van der Waals surface area contributed by atoms with Gasteiger partial charge in [-0.25, -0.2) is 13.2 Å². The van der Waals surface area contributed by atoms with Gasteiger partial charge >= 0.3 is 11.9 Å². The van der Waals surface area contributed by atoms with Crippen LogP contribution in [0, 0.1) is 11.8 Å². The van der Waals surface area contributed by atoms with Gasteiger partial charge in [0.05, 0.1) is 18.0 Å². The smallest absolute Gasteiger partial charge is 0.334 e. The van der Waals surface area contributed by atoms with Crippen LogP contribution in [0.2, 0.25) is 0 Å². The zero-order valence-electron chi connectivity index (χ0n) is 18.7. The molecule has 0 aromatic heterocycles. The third-order valence-corrected chi connectivity index (χ3v) is 7.24. The van der Waals surface area contributed by atoms with Crippen molar-refractivity contribution in [1.29, 1.82) is 0 Å². The molecule has 11 heteroatoms. The molecule has 0 spiro atoms. The van der Waals surface area contributed by atoms with Crippen molar-refractivity contribution in [3.63, 3.8) is 0 Å². The van der Waals surface area contributed by atoms with Gasteiger partial charge in [0.1, 0.15) is 22.9 Å². The highest BCUT2D eigenvalue weighted by atomic mass is 32.2. The summed E-state index contributed by atoms with van der Waals surface area (Å²) in [6, 6.07) is 5.73. The maximum absolute atomic E-state index is 13.1. The van der Waals surface area contributed by atoms with Crippen LogP contribution in [-0.4, -0.2) is 66.2 Å². The van der Waals surface area contributed by atoms with E-state index in [1.165, 1.54) is 45.0 Å². The Bertz CT molecular complexity index is 1040. The monoisotopic (exact) mass is 497 g/mol. The van der Waals surface area contributed by atoms with Crippen molar-refractivity contribution in [2.24, 2.45) is 0 Å². The van der Waals surface area contributed by atoms with Crippen LogP contribution in [-0.2, 0) is 29.1 Å². The van der Waals surface area contributed by atoms with Crippen molar-refractivity contribution < 1.29 is 37.3 Å². The summed E-state index contributed by atoms with van der Waals surface area (Å²) in [5.74, 6) is 4.70. The Morgan fingerprint density at radius 3 is 2.52 bits per heavy atom. The molecule has 1 heterocycles. The molecule has 1 N–H and O–H groups in total. The molecule has 2 rings (SSSR count). The molecule has 1 atom stereocenters. The van der Waals surface area contributed by atoms with Crippen LogP contribution < -0.4 is 4.74 Å². The number of carbonyl (C=O) groups excluding carboxylic acids is 1. The molecule has 1 fully saturated rings. The number of morpholine rings is 1. The highest BCUT2D eigenvalue weighted by molar-refractivity contribution is 7.91. The van der Waals surface area contributed by atoms with Gasteiger partial charge < -0.3 is 19.3 Å². The largest absolute Gasteiger partial charge is 0.481 e. The fourth-order valence-corrected chi connectivity index (χ4v) is 4.86. The Labute approximate surface area is 199 Å². The predicted octanol–water partition coefficient (Wildman–Crippen LogP) is 2.38. The van der Waals surface area contributed by atoms with Gasteiger partial charge in [0.25, 0.3) is 10.0 Å². The molecule has 0 bridgehead atoms. The molecule has 0 saturated carbocycles. The van der Waals surface area contributed by atoms with Crippen molar-refractivity contribution >= 4 is 39.2 Å². The van der Waals surface area contributed by atoms with Gasteiger partial charge in [-0.15, -0.1) is 0 Å². The number of aliphatic carboxylic acids is 1. The lowest BCUT2D eigenvalue weighted by atomic mass is 10.1. The minimum absolute atomic E-state index is 0.0107. The molecule has 0 aliphatic carbocycles. The summed E-state index contributed by atoms with van der Waals surface area (Å²) >= 11 is 5.27.